The minimum atomic E-state index is -0.0638. The summed E-state index contributed by atoms with van der Waals surface area (Å²) in [5.74, 6) is 0.700. The summed E-state index contributed by atoms with van der Waals surface area (Å²) in [5.41, 5.74) is 0.751. The number of likely N-dealkylation sites (N-methyl/N-ethyl adjacent to an activating group) is 1. The van der Waals surface area contributed by atoms with Crippen LogP contribution in [0.1, 0.15) is 6.92 Å². The van der Waals surface area contributed by atoms with E-state index in [4.69, 9.17) is 4.74 Å². The highest BCUT2D eigenvalue weighted by molar-refractivity contribution is 5.92. The summed E-state index contributed by atoms with van der Waals surface area (Å²) in [5, 5.41) is 5.54. The van der Waals surface area contributed by atoms with E-state index in [2.05, 4.69) is 10.6 Å². The Hall–Kier alpha value is -1.55. The van der Waals surface area contributed by atoms with E-state index in [1.165, 1.54) is 0 Å². The number of carbonyl (C=O) groups excluding carboxylic acids is 1. The molecule has 1 aromatic rings. The maximum Gasteiger partial charge on any atom is 0.238 e. The zero-order valence-electron chi connectivity index (χ0n) is 9.04. The van der Waals surface area contributed by atoms with Gasteiger partial charge < -0.3 is 15.4 Å². The van der Waals surface area contributed by atoms with Crippen LogP contribution in [0.3, 0.4) is 0 Å². The Morgan fingerprint density at radius 2 is 2.27 bits per heavy atom. The van der Waals surface area contributed by atoms with Gasteiger partial charge in [-0.1, -0.05) is 6.07 Å². The molecule has 82 valence electrons. The number of benzene rings is 1. The molecule has 4 heteroatoms. The molecule has 0 saturated carbocycles. The second-order valence-electron chi connectivity index (χ2n) is 3.04. The lowest BCUT2D eigenvalue weighted by Gasteiger charge is -2.07. The van der Waals surface area contributed by atoms with Crippen molar-refractivity contribution in [1.29, 1.82) is 0 Å². The van der Waals surface area contributed by atoms with Gasteiger partial charge in [0, 0.05) is 11.8 Å². The van der Waals surface area contributed by atoms with Crippen molar-refractivity contribution in [3.8, 4) is 5.75 Å². The molecule has 0 saturated heterocycles. The first-order valence-corrected chi connectivity index (χ1v) is 4.93. The van der Waals surface area contributed by atoms with E-state index in [-0.39, 0.29) is 5.91 Å². The molecule has 1 amide bonds. The Morgan fingerprint density at radius 1 is 1.47 bits per heavy atom. The smallest absolute Gasteiger partial charge is 0.238 e. The van der Waals surface area contributed by atoms with Crippen molar-refractivity contribution < 1.29 is 9.53 Å². The first-order chi connectivity index (χ1) is 7.26. The van der Waals surface area contributed by atoms with Gasteiger partial charge in [-0.2, -0.15) is 0 Å². The fourth-order valence-corrected chi connectivity index (χ4v) is 1.20. The van der Waals surface area contributed by atoms with Crippen LogP contribution in [0, 0.1) is 0 Å². The van der Waals surface area contributed by atoms with Gasteiger partial charge in [-0.3, -0.25) is 4.79 Å². The lowest BCUT2D eigenvalue weighted by atomic mass is 10.3. The van der Waals surface area contributed by atoms with Gasteiger partial charge in [0.05, 0.1) is 13.2 Å². The number of hydrogen-bond donors (Lipinski definition) is 2. The summed E-state index contributed by atoms with van der Waals surface area (Å²) in [6, 6.07) is 7.34. The molecule has 1 rings (SSSR count). The standard InChI is InChI=1S/C11H16N2O2/c1-3-15-10-6-4-5-9(7-10)13-11(14)8-12-2/h4-7,12H,3,8H2,1-2H3,(H,13,14). The number of rotatable bonds is 5. The van der Waals surface area contributed by atoms with Crippen LogP contribution in [-0.2, 0) is 4.79 Å². The number of hydrogen-bond acceptors (Lipinski definition) is 3. The second-order valence-corrected chi connectivity index (χ2v) is 3.04. The van der Waals surface area contributed by atoms with E-state index in [0.29, 0.717) is 13.2 Å². The molecular weight excluding hydrogens is 192 g/mol. The number of ether oxygens (including phenoxy) is 1. The Labute approximate surface area is 89.6 Å². The number of anilines is 1. The van der Waals surface area contributed by atoms with Crippen LogP contribution in [0.5, 0.6) is 5.75 Å². The zero-order valence-corrected chi connectivity index (χ0v) is 9.04. The first-order valence-electron chi connectivity index (χ1n) is 4.93. The molecule has 0 unspecified atom stereocenters. The molecule has 0 fully saturated rings. The topological polar surface area (TPSA) is 50.4 Å². The number of carbonyl (C=O) groups is 1. The van der Waals surface area contributed by atoms with Crippen LogP contribution in [0.25, 0.3) is 0 Å². The summed E-state index contributed by atoms with van der Waals surface area (Å²) in [6.45, 7) is 2.85. The molecule has 4 nitrogen and oxygen atoms in total. The largest absolute Gasteiger partial charge is 0.494 e. The fourth-order valence-electron chi connectivity index (χ4n) is 1.20. The highest BCUT2D eigenvalue weighted by atomic mass is 16.5. The lowest BCUT2D eigenvalue weighted by molar-refractivity contribution is -0.115. The van der Waals surface area contributed by atoms with Gasteiger partial charge in [-0.05, 0) is 26.1 Å². The molecule has 2 N–H and O–H groups in total. The maximum absolute atomic E-state index is 11.3. The maximum atomic E-state index is 11.3. The Bertz CT molecular complexity index is 326. The minimum Gasteiger partial charge on any atom is -0.494 e. The first kappa shape index (κ1) is 11.5. The molecule has 15 heavy (non-hydrogen) atoms. The molecule has 0 radical (unpaired) electrons. The Kier molecular flexibility index (Phi) is 4.63. The van der Waals surface area contributed by atoms with Gasteiger partial charge in [0.2, 0.25) is 5.91 Å². The minimum absolute atomic E-state index is 0.0638. The molecule has 0 aromatic heterocycles. The molecule has 0 heterocycles. The van der Waals surface area contributed by atoms with Crippen molar-refractivity contribution in [1.82, 2.24) is 5.32 Å². The van der Waals surface area contributed by atoms with Crippen molar-refractivity contribution in [2.45, 2.75) is 6.92 Å². The van der Waals surface area contributed by atoms with Gasteiger partial charge in [0.1, 0.15) is 5.75 Å². The summed E-state index contributed by atoms with van der Waals surface area (Å²) in [7, 11) is 1.73. The summed E-state index contributed by atoms with van der Waals surface area (Å²) in [4.78, 5) is 11.3. The molecule has 1 aromatic carbocycles. The van der Waals surface area contributed by atoms with Gasteiger partial charge in [-0.15, -0.1) is 0 Å². The van der Waals surface area contributed by atoms with Gasteiger partial charge in [0.25, 0.3) is 0 Å². The summed E-state index contributed by atoms with van der Waals surface area (Å²) >= 11 is 0. The van der Waals surface area contributed by atoms with E-state index in [0.717, 1.165) is 11.4 Å². The van der Waals surface area contributed by atoms with Crippen LogP contribution in [0.4, 0.5) is 5.69 Å². The third-order valence-electron chi connectivity index (χ3n) is 1.77. The predicted molar refractivity (Wildman–Crippen MR) is 60.2 cm³/mol. The quantitative estimate of drug-likeness (QED) is 0.765. The van der Waals surface area contributed by atoms with Gasteiger partial charge in [-0.25, -0.2) is 0 Å². The third kappa shape index (κ3) is 3.99. The van der Waals surface area contributed by atoms with Crippen LogP contribution in [0.15, 0.2) is 24.3 Å². The van der Waals surface area contributed by atoms with Crippen LogP contribution >= 0.6 is 0 Å². The fraction of sp³-hybridized carbons (Fsp3) is 0.364. The summed E-state index contributed by atoms with van der Waals surface area (Å²) in [6.07, 6.45) is 0. The van der Waals surface area contributed by atoms with Crippen LogP contribution < -0.4 is 15.4 Å². The number of amides is 1. The normalized spacial score (nSPS) is 9.73. The predicted octanol–water partition coefficient (Wildman–Crippen LogP) is 1.24. The molecule has 0 aliphatic carbocycles. The lowest BCUT2D eigenvalue weighted by Crippen LogP contribution is -2.24. The van der Waals surface area contributed by atoms with Crippen molar-refractivity contribution >= 4 is 11.6 Å². The Morgan fingerprint density at radius 3 is 2.93 bits per heavy atom. The highest BCUT2D eigenvalue weighted by Gasteiger charge is 2.01. The van der Waals surface area contributed by atoms with Crippen molar-refractivity contribution in [3.63, 3.8) is 0 Å². The number of nitrogens with one attached hydrogen (secondary N) is 2. The van der Waals surface area contributed by atoms with Crippen LogP contribution in [0.2, 0.25) is 0 Å². The summed E-state index contributed by atoms with van der Waals surface area (Å²) < 4.78 is 5.32. The van der Waals surface area contributed by atoms with E-state index in [9.17, 15) is 4.79 Å². The van der Waals surface area contributed by atoms with Crippen molar-refractivity contribution in [3.05, 3.63) is 24.3 Å². The molecule has 0 aliphatic heterocycles. The molecular formula is C11H16N2O2. The second kappa shape index (κ2) is 6.03. The monoisotopic (exact) mass is 208 g/mol. The van der Waals surface area contributed by atoms with Gasteiger partial charge >= 0.3 is 0 Å². The average molecular weight is 208 g/mol. The van der Waals surface area contributed by atoms with Gasteiger partial charge in [0.15, 0.2) is 0 Å². The van der Waals surface area contributed by atoms with E-state index >= 15 is 0 Å². The molecule has 0 bridgehead atoms. The Balaban J connectivity index is 2.60. The third-order valence-corrected chi connectivity index (χ3v) is 1.77. The zero-order chi connectivity index (χ0) is 11.1. The molecule has 0 aliphatic rings. The van der Waals surface area contributed by atoms with E-state index < -0.39 is 0 Å². The van der Waals surface area contributed by atoms with E-state index in [1.807, 2.05) is 25.1 Å². The SMILES string of the molecule is CCOc1cccc(NC(=O)CNC)c1. The highest BCUT2D eigenvalue weighted by Crippen LogP contribution is 2.16. The van der Waals surface area contributed by atoms with Crippen molar-refractivity contribution in [2.24, 2.45) is 0 Å². The average Bonchev–Trinajstić information content (AvgIpc) is 2.19. The molecule has 0 atom stereocenters. The molecule has 0 spiro atoms. The van der Waals surface area contributed by atoms with Crippen LogP contribution in [-0.4, -0.2) is 26.1 Å². The van der Waals surface area contributed by atoms with E-state index in [1.54, 1.807) is 13.1 Å². The van der Waals surface area contributed by atoms with Crippen molar-refractivity contribution in [2.75, 3.05) is 25.5 Å².